The number of aromatic nitrogens is 4. The first kappa shape index (κ1) is 18.5. The molecule has 0 saturated carbocycles. The van der Waals surface area contributed by atoms with Gasteiger partial charge in [0.05, 0.1) is 11.3 Å². The summed E-state index contributed by atoms with van der Waals surface area (Å²) in [6.45, 7) is 0.860. The molecule has 3 N–H and O–H groups in total. The topological polar surface area (TPSA) is 78.5 Å². The molecule has 0 spiro atoms. The van der Waals surface area contributed by atoms with Crippen molar-refractivity contribution in [2.24, 2.45) is 0 Å². The van der Waals surface area contributed by atoms with Gasteiger partial charge in [-0.15, -0.1) is 0 Å². The fraction of sp³-hybridized carbons (Fsp3) is 0.150. The molecule has 0 fully saturated rings. The Kier molecular flexibility index (Phi) is 4.17. The minimum absolute atomic E-state index is 0.0427. The third-order valence-corrected chi connectivity index (χ3v) is 4.95. The Morgan fingerprint density at radius 1 is 0.933 bits per heavy atom. The second-order valence-electron chi connectivity index (χ2n) is 6.83. The van der Waals surface area contributed by atoms with Crippen LogP contribution in [0.4, 0.5) is 29.2 Å². The highest BCUT2D eigenvalue weighted by molar-refractivity contribution is 5.91. The largest absolute Gasteiger partial charge is 0.417 e. The van der Waals surface area contributed by atoms with Gasteiger partial charge < -0.3 is 10.6 Å². The Bertz CT molecular complexity index is 1260. The van der Waals surface area contributed by atoms with Crippen LogP contribution >= 0.6 is 0 Å². The van der Waals surface area contributed by atoms with Crippen LogP contribution in [0.5, 0.6) is 0 Å². The van der Waals surface area contributed by atoms with E-state index in [1.54, 1.807) is 12.1 Å². The number of anilines is 2. The van der Waals surface area contributed by atoms with E-state index in [1.807, 2.05) is 0 Å². The fourth-order valence-electron chi connectivity index (χ4n) is 3.53. The van der Waals surface area contributed by atoms with Crippen molar-refractivity contribution in [3.8, 4) is 11.4 Å². The zero-order chi connectivity index (χ0) is 20.9. The van der Waals surface area contributed by atoms with E-state index >= 15 is 0 Å². The maximum atomic E-state index is 14.0. The van der Waals surface area contributed by atoms with Crippen LogP contribution in [0, 0.1) is 5.82 Å². The lowest BCUT2D eigenvalue weighted by molar-refractivity contribution is -0.137. The van der Waals surface area contributed by atoms with Crippen molar-refractivity contribution in [1.29, 1.82) is 0 Å². The van der Waals surface area contributed by atoms with Gasteiger partial charge in [0.15, 0.2) is 11.6 Å². The molecule has 0 saturated heterocycles. The van der Waals surface area contributed by atoms with Gasteiger partial charge in [-0.1, -0.05) is 24.3 Å². The third kappa shape index (κ3) is 3.05. The maximum Gasteiger partial charge on any atom is 0.417 e. The second kappa shape index (κ2) is 6.77. The van der Waals surface area contributed by atoms with Crippen molar-refractivity contribution in [3.05, 3.63) is 65.1 Å². The number of hydrogen-bond acceptors (Lipinski definition) is 5. The Hall–Kier alpha value is -3.53. The summed E-state index contributed by atoms with van der Waals surface area (Å²) in [5.41, 5.74) is 0.641. The van der Waals surface area contributed by atoms with Crippen molar-refractivity contribution >= 4 is 22.5 Å². The standard InChI is InChI=1S/C20H14F4N6/c21-14-7-3-5-11-16(14)29-30-19(11)28-18-12-8-25-9-15(12)26-17(27-18)10-4-1-2-6-13(10)20(22,23)24/h1-7,25H,8-9H2,(H2,26,27,28,29,30). The lowest BCUT2D eigenvalue weighted by atomic mass is 10.1. The normalized spacial score (nSPS) is 13.6. The number of alkyl halides is 3. The lowest BCUT2D eigenvalue weighted by Crippen LogP contribution is -2.10. The SMILES string of the molecule is Fc1cccc2c(Nc3nc(-c4ccccc4C(F)(F)F)nc4c3CNC4)n[nH]c12. The van der Waals surface area contributed by atoms with E-state index in [4.69, 9.17) is 0 Å². The minimum atomic E-state index is -4.54. The monoisotopic (exact) mass is 414 g/mol. The van der Waals surface area contributed by atoms with Gasteiger partial charge in [-0.2, -0.15) is 18.3 Å². The van der Waals surface area contributed by atoms with Crippen LogP contribution in [0.1, 0.15) is 16.8 Å². The summed E-state index contributed by atoms with van der Waals surface area (Å²) >= 11 is 0. The quantitative estimate of drug-likeness (QED) is 0.430. The average Bonchev–Trinajstić information content (AvgIpc) is 3.35. The first-order valence-corrected chi connectivity index (χ1v) is 9.08. The Labute approximate surface area is 167 Å². The summed E-state index contributed by atoms with van der Waals surface area (Å²) in [7, 11) is 0. The highest BCUT2D eigenvalue weighted by atomic mass is 19.4. The zero-order valence-corrected chi connectivity index (χ0v) is 15.3. The number of rotatable bonds is 3. The summed E-state index contributed by atoms with van der Waals surface area (Å²) in [6.07, 6.45) is -4.54. The molecule has 1 aliphatic rings. The van der Waals surface area contributed by atoms with E-state index < -0.39 is 17.6 Å². The summed E-state index contributed by atoms with van der Waals surface area (Å²) in [6, 6.07) is 9.72. The number of fused-ring (bicyclic) bond motifs is 2. The molecule has 3 heterocycles. The van der Waals surface area contributed by atoms with E-state index in [9.17, 15) is 17.6 Å². The highest BCUT2D eigenvalue weighted by Gasteiger charge is 2.34. The van der Waals surface area contributed by atoms with Crippen LogP contribution in [0.3, 0.4) is 0 Å². The number of benzene rings is 2. The molecule has 1 aliphatic heterocycles. The molecule has 30 heavy (non-hydrogen) atoms. The molecule has 0 bridgehead atoms. The highest BCUT2D eigenvalue weighted by Crippen LogP contribution is 2.37. The Morgan fingerprint density at radius 3 is 2.60 bits per heavy atom. The molecule has 0 atom stereocenters. The van der Waals surface area contributed by atoms with Crippen LogP contribution in [-0.2, 0) is 19.3 Å². The summed E-state index contributed by atoms with van der Waals surface area (Å²) in [4.78, 5) is 8.75. The van der Waals surface area contributed by atoms with Crippen LogP contribution in [-0.4, -0.2) is 20.2 Å². The number of aromatic amines is 1. The Morgan fingerprint density at radius 2 is 1.77 bits per heavy atom. The summed E-state index contributed by atoms with van der Waals surface area (Å²) < 4.78 is 54.4. The minimum Gasteiger partial charge on any atom is -0.323 e. The zero-order valence-electron chi connectivity index (χ0n) is 15.3. The first-order valence-electron chi connectivity index (χ1n) is 9.08. The number of halogens is 4. The second-order valence-corrected chi connectivity index (χ2v) is 6.83. The molecule has 0 unspecified atom stereocenters. The first-order chi connectivity index (χ1) is 14.4. The van der Waals surface area contributed by atoms with Gasteiger partial charge in [0, 0.05) is 29.6 Å². The number of nitrogens with one attached hydrogen (secondary N) is 3. The molecule has 0 amide bonds. The van der Waals surface area contributed by atoms with Crippen molar-refractivity contribution < 1.29 is 17.6 Å². The molecule has 0 radical (unpaired) electrons. The number of para-hydroxylation sites is 1. The molecular weight excluding hydrogens is 400 g/mol. The predicted octanol–water partition coefficient (Wildman–Crippen LogP) is 4.52. The van der Waals surface area contributed by atoms with Crippen molar-refractivity contribution in [2.45, 2.75) is 19.3 Å². The van der Waals surface area contributed by atoms with Crippen molar-refractivity contribution in [1.82, 2.24) is 25.5 Å². The molecular formula is C20H14F4N6. The van der Waals surface area contributed by atoms with Gasteiger partial charge in [-0.25, -0.2) is 14.4 Å². The molecule has 2 aromatic carbocycles. The molecule has 0 aliphatic carbocycles. The van der Waals surface area contributed by atoms with Gasteiger partial charge in [0.1, 0.15) is 17.2 Å². The van der Waals surface area contributed by atoms with Crippen LogP contribution in [0.15, 0.2) is 42.5 Å². The van der Waals surface area contributed by atoms with E-state index in [2.05, 4.69) is 30.8 Å². The summed E-state index contributed by atoms with van der Waals surface area (Å²) in [5.74, 6) is 0.156. The van der Waals surface area contributed by atoms with E-state index in [0.717, 1.165) is 11.6 Å². The lowest BCUT2D eigenvalue weighted by Gasteiger charge is -2.14. The maximum absolute atomic E-state index is 14.0. The van der Waals surface area contributed by atoms with E-state index in [0.29, 0.717) is 35.8 Å². The van der Waals surface area contributed by atoms with Crippen LogP contribution < -0.4 is 10.6 Å². The number of nitrogens with zero attached hydrogens (tertiary/aromatic N) is 3. The van der Waals surface area contributed by atoms with E-state index in [1.165, 1.54) is 24.3 Å². The average molecular weight is 414 g/mol. The molecule has 10 heteroatoms. The van der Waals surface area contributed by atoms with Crippen molar-refractivity contribution in [2.75, 3.05) is 5.32 Å². The fourth-order valence-corrected chi connectivity index (χ4v) is 3.53. The van der Waals surface area contributed by atoms with Gasteiger partial charge in [-0.3, -0.25) is 5.10 Å². The number of hydrogen-bond donors (Lipinski definition) is 3. The van der Waals surface area contributed by atoms with Gasteiger partial charge in [0.2, 0.25) is 0 Å². The van der Waals surface area contributed by atoms with Crippen LogP contribution in [0.2, 0.25) is 0 Å². The smallest absolute Gasteiger partial charge is 0.323 e. The molecule has 5 rings (SSSR count). The van der Waals surface area contributed by atoms with Gasteiger partial charge in [-0.05, 0) is 18.2 Å². The summed E-state index contributed by atoms with van der Waals surface area (Å²) in [5, 5.41) is 13.4. The van der Waals surface area contributed by atoms with Gasteiger partial charge in [0.25, 0.3) is 0 Å². The third-order valence-electron chi connectivity index (χ3n) is 4.95. The molecule has 2 aromatic heterocycles. The predicted molar refractivity (Wildman–Crippen MR) is 102 cm³/mol. The molecule has 6 nitrogen and oxygen atoms in total. The van der Waals surface area contributed by atoms with Crippen molar-refractivity contribution in [3.63, 3.8) is 0 Å². The van der Waals surface area contributed by atoms with Gasteiger partial charge >= 0.3 is 6.18 Å². The molecule has 152 valence electrons. The number of H-pyrrole nitrogens is 1. The molecule has 4 aromatic rings. The van der Waals surface area contributed by atoms with Crippen LogP contribution in [0.25, 0.3) is 22.3 Å². The van der Waals surface area contributed by atoms with E-state index in [-0.39, 0.29) is 16.9 Å². The Balaban J connectivity index is 1.64.